The first-order valence-electron chi connectivity index (χ1n) is 7.91. The Hall–Kier alpha value is -3.33. The lowest BCUT2D eigenvalue weighted by molar-refractivity contribution is -0.145. The van der Waals surface area contributed by atoms with Gasteiger partial charge >= 0.3 is 0 Å². The number of ether oxygens (including phenoxy) is 1. The maximum atomic E-state index is 12.9. The van der Waals surface area contributed by atoms with Crippen LogP contribution in [0.1, 0.15) is 19.4 Å². The first kappa shape index (κ1) is 16.5. The normalized spacial score (nSPS) is 18.8. The van der Waals surface area contributed by atoms with Crippen molar-refractivity contribution in [2.24, 2.45) is 0 Å². The minimum Gasteiger partial charge on any atom is -0.465 e. The van der Waals surface area contributed by atoms with Crippen molar-refractivity contribution in [1.29, 1.82) is 5.26 Å². The van der Waals surface area contributed by atoms with Crippen LogP contribution in [0.3, 0.4) is 0 Å². The van der Waals surface area contributed by atoms with E-state index in [0.29, 0.717) is 29.2 Å². The van der Waals surface area contributed by atoms with Crippen LogP contribution in [0.2, 0.25) is 0 Å². The van der Waals surface area contributed by atoms with Gasteiger partial charge < -0.3 is 15.0 Å². The fourth-order valence-electron chi connectivity index (χ4n) is 2.73. The summed E-state index contributed by atoms with van der Waals surface area (Å²) in [4.78, 5) is 27.2. The van der Waals surface area contributed by atoms with Gasteiger partial charge in [-0.05, 0) is 50.2 Å². The summed E-state index contributed by atoms with van der Waals surface area (Å²) in [7, 11) is 0. The van der Waals surface area contributed by atoms with E-state index in [-0.39, 0.29) is 0 Å². The van der Waals surface area contributed by atoms with Crippen LogP contribution in [0.4, 0.5) is 11.4 Å². The molecule has 1 N–H and O–H groups in total. The van der Waals surface area contributed by atoms with E-state index in [9.17, 15) is 9.59 Å². The lowest BCUT2D eigenvalue weighted by atomic mass is 9.99. The van der Waals surface area contributed by atoms with Crippen LogP contribution in [0.15, 0.2) is 48.5 Å². The predicted molar refractivity (Wildman–Crippen MR) is 93.3 cm³/mol. The number of carbonyl (C=O) groups is 2. The fraction of sp³-hybridized carbons (Fsp3) is 0.211. The molecule has 6 heteroatoms. The molecule has 0 fully saturated rings. The van der Waals surface area contributed by atoms with Crippen LogP contribution in [-0.2, 0) is 9.59 Å². The maximum absolute atomic E-state index is 12.9. The molecule has 25 heavy (non-hydrogen) atoms. The van der Waals surface area contributed by atoms with E-state index in [2.05, 4.69) is 5.32 Å². The number of fused-ring (bicyclic) bond motifs is 1. The minimum absolute atomic E-state index is 0.417. The van der Waals surface area contributed by atoms with E-state index < -0.39 is 17.4 Å². The Morgan fingerprint density at radius 2 is 1.92 bits per heavy atom. The molecule has 0 spiro atoms. The molecule has 0 bridgehead atoms. The number of nitrogens with one attached hydrogen (secondary N) is 1. The van der Waals surface area contributed by atoms with Crippen molar-refractivity contribution in [3.63, 3.8) is 0 Å². The third kappa shape index (κ3) is 2.81. The van der Waals surface area contributed by atoms with Gasteiger partial charge in [0.2, 0.25) is 0 Å². The number of nitrogens with zero attached hydrogens (tertiary/aromatic N) is 2. The van der Waals surface area contributed by atoms with Crippen LogP contribution in [0.25, 0.3) is 0 Å². The summed E-state index contributed by atoms with van der Waals surface area (Å²) < 4.78 is 5.79. The number of hydrogen-bond acceptors (Lipinski definition) is 4. The molecule has 0 aliphatic carbocycles. The minimum atomic E-state index is -1.67. The molecule has 2 aromatic carbocycles. The molecular weight excluding hydrogens is 318 g/mol. The molecule has 0 aromatic heterocycles. The average Bonchev–Trinajstić information content (AvgIpc) is 2.63. The van der Waals surface area contributed by atoms with Gasteiger partial charge in [0.05, 0.1) is 17.3 Å². The van der Waals surface area contributed by atoms with Gasteiger partial charge in [-0.2, -0.15) is 5.26 Å². The number of benzene rings is 2. The maximum Gasteiger partial charge on any atom is 0.280 e. The highest BCUT2D eigenvalue weighted by Gasteiger charge is 2.50. The number of nitriles is 1. The number of para-hydroxylation sites is 2. The zero-order chi connectivity index (χ0) is 18.0. The van der Waals surface area contributed by atoms with Gasteiger partial charge in [-0.1, -0.05) is 12.1 Å². The Morgan fingerprint density at radius 1 is 1.24 bits per heavy atom. The first-order chi connectivity index (χ1) is 12.0. The monoisotopic (exact) mass is 335 g/mol. The number of likely N-dealkylation sites (N-methyl/N-ethyl adjacent to an activating group) is 1. The van der Waals surface area contributed by atoms with E-state index in [4.69, 9.17) is 10.00 Å². The van der Waals surface area contributed by atoms with Crippen molar-refractivity contribution < 1.29 is 14.3 Å². The second-order valence-corrected chi connectivity index (χ2v) is 5.80. The van der Waals surface area contributed by atoms with Gasteiger partial charge in [-0.15, -0.1) is 0 Å². The Morgan fingerprint density at radius 3 is 2.56 bits per heavy atom. The molecule has 6 nitrogen and oxygen atoms in total. The quantitative estimate of drug-likeness (QED) is 0.874. The van der Waals surface area contributed by atoms with Crippen molar-refractivity contribution in [3.8, 4) is 11.8 Å². The molecule has 0 radical (unpaired) electrons. The highest BCUT2D eigenvalue weighted by molar-refractivity contribution is 6.19. The van der Waals surface area contributed by atoms with Crippen molar-refractivity contribution in [2.75, 3.05) is 16.8 Å². The van der Waals surface area contributed by atoms with Crippen LogP contribution in [0, 0.1) is 11.3 Å². The lowest BCUT2D eigenvalue weighted by Crippen LogP contribution is -2.60. The SMILES string of the molecule is CCN1C(=O)C(C)(C(=O)Nc2ccc(C#N)cc2)Oc2ccccc21. The molecular formula is C19H17N3O3. The number of anilines is 2. The third-order valence-electron chi connectivity index (χ3n) is 4.14. The highest BCUT2D eigenvalue weighted by atomic mass is 16.5. The number of carbonyl (C=O) groups excluding carboxylic acids is 2. The first-order valence-corrected chi connectivity index (χ1v) is 7.91. The Kier molecular flexibility index (Phi) is 4.15. The van der Waals surface area contributed by atoms with Crippen LogP contribution in [0.5, 0.6) is 5.75 Å². The van der Waals surface area contributed by atoms with E-state index in [0.717, 1.165) is 0 Å². The van der Waals surface area contributed by atoms with Gasteiger partial charge in [0.1, 0.15) is 5.75 Å². The summed E-state index contributed by atoms with van der Waals surface area (Å²) in [5.74, 6) is -0.489. The summed E-state index contributed by atoms with van der Waals surface area (Å²) in [6.45, 7) is 3.74. The van der Waals surface area contributed by atoms with Crippen molar-refractivity contribution >= 4 is 23.2 Å². The molecule has 1 aliphatic rings. The molecule has 0 saturated carbocycles. The fourth-order valence-corrected chi connectivity index (χ4v) is 2.73. The van der Waals surface area contributed by atoms with Gasteiger partial charge in [0, 0.05) is 12.2 Å². The van der Waals surface area contributed by atoms with Crippen LogP contribution < -0.4 is 15.0 Å². The van der Waals surface area contributed by atoms with Crippen molar-refractivity contribution in [1.82, 2.24) is 0 Å². The summed E-state index contributed by atoms with van der Waals surface area (Å²) in [5, 5.41) is 11.5. The highest BCUT2D eigenvalue weighted by Crippen LogP contribution is 2.37. The standard InChI is InChI=1S/C19H17N3O3/c1-3-22-15-6-4-5-7-16(15)25-19(2,18(22)24)17(23)21-14-10-8-13(12-20)9-11-14/h4-11H,3H2,1-2H3,(H,21,23). The second kappa shape index (κ2) is 6.29. The summed E-state index contributed by atoms with van der Waals surface area (Å²) in [5.41, 5.74) is -0.0411. The molecule has 0 saturated heterocycles. The van der Waals surface area contributed by atoms with Crippen LogP contribution in [-0.4, -0.2) is 24.0 Å². The van der Waals surface area contributed by atoms with E-state index in [1.807, 2.05) is 19.1 Å². The average molecular weight is 335 g/mol. The predicted octanol–water partition coefficient (Wildman–Crippen LogP) is 2.70. The summed E-state index contributed by atoms with van der Waals surface area (Å²) in [6, 6.07) is 15.5. The van der Waals surface area contributed by atoms with Gasteiger partial charge in [-0.3, -0.25) is 9.59 Å². The molecule has 1 unspecified atom stereocenters. The molecule has 2 amide bonds. The largest absolute Gasteiger partial charge is 0.465 e. The number of rotatable bonds is 3. The number of hydrogen-bond donors (Lipinski definition) is 1. The zero-order valence-electron chi connectivity index (χ0n) is 13.9. The van der Waals surface area contributed by atoms with E-state index >= 15 is 0 Å². The molecule has 1 heterocycles. The Balaban J connectivity index is 1.90. The summed E-state index contributed by atoms with van der Waals surface area (Å²) >= 11 is 0. The van der Waals surface area contributed by atoms with Gasteiger partial charge in [0.15, 0.2) is 0 Å². The zero-order valence-corrected chi connectivity index (χ0v) is 13.9. The molecule has 1 aliphatic heterocycles. The topological polar surface area (TPSA) is 82.4 Å². The third-order valence-corrected chi connectivity index (χ3v) is 4.14. The molecule has 3 rings (SSSR count). The van der Waals surface area contributed by atoms with Gasteiger partial charge in [0.25, 0.3) is 17.4 Å². The summed E-state index contributed by atoms with van der Waals surface area (Å²) in [6.07, 6.45) is 0. The molecule has 1 atom stereocenters. The Bertz CT molecular complexity index is 870. The second-order valence-electron chi connectivity index (χ2n) is 5.80. The van der Waals surface area contributed by atoms with Crippen molar-refractivity contribution in [3.05, 3.63) is 54.1 Å². The van der Waals surface area contributed by atoms with Gasteiger partial charge in [-0.25, -0.2) is 0 Å². The van der Waals surface area contributed by atoms with Crippen LogP contribution >= 0.6 is 0 Å². The molecule has 126 valence electrons. The number of amides is 2. The van der Waals surface area contributed by atoms with E-state index in [1.165, 1.54) is 11.8 Å². The smallest absolute Gasteiger partial charge is 0.280 e. The van der Waals surface area contributed by atoms with E-state index in [1.54, 1.807) is 42.5 Å². The lowest BCUT2D eigenvalue weighted by Gasteiger charge is -2.39. The molecule has 2 aromatic rings. The Labute approximate surface area is 145 Å². The van der Waals surface area contributed by atoms with Crippen molar-refractivity contribution in [2.45, 2.75) is 19.4 Å².